The second kappa shape index (κ2) is 4.75. The number of phenols is 1. The van der Waals surface area contributed by atoms with Gasteiger partial charge >= 0.3 is 0 Å². The van der Waals surface area contributed by atoms with Gasteiger partial charge in [0.05, 0.1) is 4.47 Å². The van der Waals surface area contributed by atoms with Crippen LogP contribution in [0.1, 0.15) is 31.4 Å². The van der Waals surface area contributed by atoms with Gasteiger partial charge < -0.3 is 10.8 Å². The molecule has 2 nitrogen and oxygen atoms in total. The zero-order valence-corrected chi connectivity index (χ0v) is 9.51. The van der Waals surface area contributed by atoms with Crippen LogP contribution in [0.4, 0.5) is 4.39 Å². The molecular formula is C10H13BrFNO. The number of aromatic hydroxyl groups is 1. The fourth-order valence-corrected chi connectivity index (χ4v) is 1.68. The Labute approximate surface area is 91.1 Å². The lowest BCUT2D eigenvalue weighted by Crippen LogP contribution is -2.10. The standard InChI is InChI=1S/C10H13BrFNO/c1-2-3-8(13)6-4-5-7(12)9(11)10(6)14/h4-5,8,14H,2-3,13H2,1H3/t8-/m0/s1. The summed E-state index contributed by atoms with van der Waals surface area (Å²) in [5.41, 5.74) is 6.41. The maximum absolute atomic E-state index is 13.0. The van der Waals surface area contributed by atoms with Gasteiger partial charge in [-0.15, -0.1) is 0 Å². The lowest BCUT2D eigenvalue weighted by molar-refractivity contribution is 0.447. The van der Waals surface area contributed by atoms with Crippen LogP contribution in [-0.2, 0) is 0 Å². The van der Waals surface area contributed by atoms with E-state index in [1.54, 1.807) is 0 Å². The molecule has 1 atom stereocenters. The van der Waals surface area contributed by atoms with Crippen LogP contribution in [0.5, 0.6) is 5.75 Å². The van der Waals surface area contributed by atoms with Crippen molar-refractivity contribution in [2.75, 3.05) is 0 Å². The second-order valence-electron chi connectivity index (χ2n) is 3.19. The molecule has 0 aliphatic heterocycles. The van der Waals surface area contributed by atoms with Gasteiger partial charge in [0.2, 0.25) is 0 Å². The zero-order chi connectivity index (χ0) is 10.7. The van der Waals surface area contributed by atoms with E-state index in [2.05, 4.69) is 15.9 Å². The molecule has 78 valence electrons. The highest BCUT2D eigenvalue weighted by atomic mass is 79.9. The SMILES string of the molecule is CCC[C@H](N)c1ccc(F)c(Br)c1O. The van der Waals surface area contributed by atoms with E-state index in [-0.39, 0.29) is 16.3 Å². The van der Waals surface area contributed by atoms with Crippen molar-refractivity contribution in [3.63, 3.8) is 0 Å². The minimum atomic E-state index is -0.477. The van der Waals surface area contributed by atoms with E-state index in [4.69, 9.17) is 5.73 Å². The van der Waals surface area contributed by atoms with E-state index in [1.165, 1.54) is 12.1 Å². The summed E-state index contributed by atoms with van der Waals surface area (Å²) in [4.78, 5) is 0. The molecule has 1 aromatic rings. The molecule has 3 N–H and O–H groups in total. The third-order valence-corrected chi connectivity index (χ3v) is 2.85. The molecule has 4 heteroatoms. The number of phenolic OH excluding ortho intramolecular Hbond substituents is 1. The van der Waals surface area contributed by atoms with Crippen LogP contribution in [0.25, 0.3) is 0 Å². The van der Waals surface area contributed by atoms with E-state index in [0.717, 1.165) is 12.8 Å². The van der Waals surface area contributed by atoms with E-state index in [9.17, 15) is 9.50 Å². The number of hydrogen-bond acceptors (Lipinski definition) is 2. The van der Waals surface area contributed by atoms with Gasteiger partial charge in [-0.05, 0) is 28.4 Å². The smallest absolute Gasteiger partial charge is 0.141 e. The molecule has 0 heterocycles. The molecule has 0 fully saturated rings. The first-order chi connectivity index (χ1) is 6.57. The van der Waals surface area contributed by atoms with E-state index < -0.39 is 5.82 Å². The molecule has 0 aromatic heterocycles. The van der Waals surface area contributed by atoms with Gasteiger partial charge in [0.1, 0.15) is 11.6 Å². The molecule has 0 spiro atoms. The normalized spacial score (nSPS) is 12.9. The third-order valence-electron chi connectivity index (χ3n) is 2.10. The Hall–Kier alpha value is -0.610. The van der Waals surface area contributed by atoms with Crippen molar-refractivity contribution in [2.45, 2.75) is 25.8 Å². The maximum Gasteiger partial charge on any atom is 0.141 e. The predicted octanol–water partition coefficient (Wildman–Crippen LogP) is 3.09. The average molecular weight is 262 g/mol. The first-order valence-corrected chi connectivity index (χ1v) is 5.29. The van der Waals surface area contributed by atoms with Gasteiger partial charge in [0.15, 0.2) is 0 Å². The summed E-state index contributed by atoms with van der Waals surface area (Å²) in [6.45, 7) is 2.01. The summed E-state index contributed by atoms with van der Waals surface area (Å²) in [6.07, 6.45) is 1.70. The van der Waals surface area contributed by atoms with Crippen molar-refractivity contribution in [1.29, 1.82) is 0 Å². The molecule has 0 amide bonds. The summed E-state index contributed by atoms with van der Waals surface area (Å²) >= 11 is 2.97. The summed E-state index contributed by atoms with van der Waals surface area (Å²) in [5, 5.41) is 9.61. The fourth-order valence-electron chi connectivity index (χ4n) is 1.32. The van der Waals surface area contributed by atoms with Crippen molar-refractivity contribution < 1.29 is 9.50 Å². The molecule has 0 unspecified atom stereocenters. The van der Waals surface area contributed by atoms with Crippen LogP contribution >= 0.6 is 15.9 Å². The monoisotopic (exact) mass is 261 g/mol. The quantitative estimate of drug-likeness (QED) is 0.879. The summed E-state index contributed by atoms with van der Waals surface area (Å²) < 4.78 is 13.0. The van der Waals surface area contributed by atoms with E-state index in [0.29, 0.717) is 5.56 Å². The Kier molecular flexibility index (Phi) is 3.89. The Morgan fingerprint density at radius 3 is 2.79 bits per heavy atom. The Balaban J connectivity index is 3.04. The van der Waals surface area contributed by atoms with E-state index >= 15 is 0 Å². The third kappa shape index (κ3) is 2.25. The molecule has 0 bridgehead atoms. The van der Waals surface area contributed by atoms with Crippen LogP contribution in [0.3, 0.4) is 0 Å². The largest absolute Gasteiger partial charge is 0.506 e. The molecule has 1 rings (SSSR count). The lowest BCUT2D eigenvalue weighted by Gasteiger charge is -2.13. The van der Waals surface area contributed by atoms with Crippen molar-refractivity contribution in [3.05, 3.63) is 28.0 Å². The van der Waals surface area contributed by atoms with Crippen LogP contribution in [0.15, 0.2) is 16.6 Å². The minimum absolute atomic E-state index is 0.0848. The first-order valence-electron chi connectivity index (χ1n) is 4.50. The van der Waals surface area contributed by atoms with Crippen LogP contribution in [-0.4, -0.2) is 5.11 Å². The van der Waals surface area contributed by atoms with Gasteiger partial charge in [-0.1, -0.05) is 19.4 Å². The molecule has 14 heavy (non-hydrogen) atoms. The van der Waals surface area contributed by atoms with Gasteiger partial charge in [0.25, 0.3) is 0 Å². The summed E-state index contributed by atoms with van der Waals surface area (Å²) in [5.74, 6) is -0.569. The number of nitrogens with two attached hydrogens (primary N) is 1. The predicted molar refractivity (Wildman–Crippen MR) is 57.6 cm³/mol. The van der Waals surface area contributed by atoms with Crippen molar-refractivity contribution in [3.8, 4) is 5.75 Å². The highest BCUT2D eigenvalue weighted by Crippen LogP contribution is 2.34. The zero-order valence-electron chi connectivity index (χ0n) is 7.93. The molecule has 0 aliphatic rings. The van der Waals surface area contributed by atoms with Crippen molar-refractivity contribution >= 4 is 15.9 Å². The van der Waals surface area contributed by atoms with Gasteiger partial charge in [-0.25, -0.2) is 4.39 Å². The summed E-state index contributed by atoms with van der Waals surface area (Å²) in [7, 11) is 0. The average Bonchev–Trinajstić information content (AvgIpc) is 2.15. The molecule has 0 aliphatic carbocycles. The molecular weight excluding hydrogens is 249 g/mol. The number of hydrogen-bond donors (Lipinski definition) is 2. The topological polar surface area (TPSA) is 46.2 Å². The van der Waals surface area contributed by atoms with Crippen LogP contribution in [0.2, 0.25) is 0 Å². The van der Waals surface area contributed by atoms with Gasteiger partial charge in [-0.3, -0.25) is 0 Å². The summed E-state index contributed by atoms with van der Waals surface area (Å²) in [6, 6.07) is 2.58. The van der Waals surface area contributed by atoms with Gasteiger partial charge in [-0.2, -0.15) is 0 Å². The van der Waals surface area contributed by atoms with Gasteiger partial charge in [0, 0.05) is 11.6 Å². The van der Waals surface area contributed by atoms with Crippen molar-refractivity contribution in [2.24, 2.45) is 5.73 Å². The lowest BCUT2D eigenvalue weighted by atomic mass is 10.0. The first kappa shape index (κ1) is 11.5. The number of benzene rings is 1. The molecule has 0 radical (unpaired) electrons. The molecule has 0 saturated heterocycles. The highest BCUT2D eigenvalue weighted by molar-refractivity contribution is 9.10. The van der Waals surface area contributed by atoms with Crippen LogP contribution in [0, 0.1) is 5.82 Å². The number of rotatable bonds is 3. The number of halogens is 2. The van der Waals surface area contributed by atoms with E-state index in [1.807, 2.05) is 6.92 Å². The Bertz CT molecular complexity index is 330. The fraction of sp³-hybridized carbons (Fsp3) is 0.400. The molecule has 0 saturated carbocycles. The van der Waals surface area contributed by atoms with Crippen LogP contribution < -0.4 is 5.73 Å². The Morgan fingerprint density at radius 2 is 2.21 bits per heavy atom. The highest BCUT2D eigenvalue weighted by Gasteiger charge is 2.14. The maximum atomic E-state index is 13.0. The second-order valence-corrected chi connectivity index (χ2v) is 3.99. The molecule has 1 aromatic carbocycles. The van der Waals surface area contributed by atoms with Crippen molar-refractivity contribution in [1.82, 2.24) is 0 Å². The Morgan fingerprint density at radius 1 is 1.57 bits per heavy atom. The minimum Gasteiger partial charge on any atom is -0.506 e.